The summed E-state index contributed by atoms with van der Waals surface area (Å²) in [7, 11) is 3.88. The number of nitrogens with zero attached hydrogens (tertiary/aromatic N) is 2. The molecule has 0 saturated carbocycles. The van der Waals surface area contributed by atoms with Gasteiger partial charge in [-0.3, -0.25) is 34.3 Å². The number of rotatable bonds is 10. The topological polar surface area (TPSA) is 135 Å². The van der Waals surface area contributed by atoms with Crippen LogP contribution in [0.3, 0.4) is 0 Å². The fourth-order valence-corrected chi connectivity index (χ4v) is 3.91. The highest BCUT2D eigenvalue weighted by Gasteiger charge is 2.43. The summed E-state index contributed by atoms with van der Waals surface area (Å²) >= 11 is 0. The average Bonchev–Trinajstić information content (AvgIpc) is 2.95. The van der Waals surface area contributed by atoms with Crippen LogP contribution in [0, 0.1) is 0 Å². The van der Waals surface area contributed by atoms with Gasteiger partial charge in [0.1, 0.15) is 18.1 Å². The van der Waals surface area contributed by atoms with Gasteiger partial charge in [0.05, 0.1) is 21.3 Å². The molecule has 31 heavy (non-hydrogen) atoms. The predicted molar refractivity (Wildman–Crippen MR) is 110 cm³/mol. The summed E-state index contributed by atoms with van der Waals surface area (Å²) < 4.78 is 14.6. The molecule has 1 aliphatic heterocycles. The molecule has 2 N–H and O–H groups in total. The molecule has 11 heteroatoms. The molecular formula is C20H35N3O8. The molecule has 3 atom stereocenters. The molecule has 1 fully saturated rings. The summed E-state index contributed by atoms with van der Waals surface area (Å²) in [4.78, 5) is 51.7. The second-order valence-electron chi connectivity index (χ2n) is 7.90. The minimum Gasteiger partial charge on any atom is -0.481 e. The Bertz CT molecular complexity index is 624. The molecule has 0 aliphatic carbocycles. The molecule has 178 valence electrons. The van der Waals surface area contributed by atoms with Gasteiger partial charge in [-0.05, 0) is 27.2 Å². The second kappa shape index (κ2) is 12.0. The average molecular weight is 446 g/mol. The molecule has 1 rings (SSSR count). The van der Waals surface area contributed by atoms with E-state index in [4.69, 9.17) is 14.2 Å². The molecule has 0 bridgehead atoms. The van der Waals surface area contributed by atoms with Crippen LogP contribution in [0.5, 0.6) is 0 Å². The largest absolute Gasteiger partial charge is 0.481 e. The maximum Gasteiger partial charge on any atom is 0.322 e. The zero-order valence-corrected chi connectivity index (χ0v) is 19.2. The minimum atomic E-state index is -0.990. The number of carboxylic acid groups (broad SMARTS) is 1. The fourth-order valence-electron chi connectivity index (χ4n) is 3.91. The third kappa shape index (κ3) is 7.44. The van der Waals surface area contributed by atoms with Crippen molar-refractivity contribution in [2.24, 2.45) is 0 Å². The highest BCUT2D eigenvalue weighted by Crippen LogP contribution is 2.25. The number of hydrogen-bond donors (Lipinski definition) is 2. The van der Waals surface area contributed by atoms with Crippen molar-refractivity contribution in [3.8, 4) is 0 Å². The monoisotopic (exact) mass is 445 g/mol. The maximum atomic E-state index is 12.2. The van der Waals surface area contributed by atoms with Crippen molar-refractivity contribution in [1.29, 1.82) is 0 Å². The molecule has 1 heterocycles. The first-order valence-corrected chi connectivity index (χ1v) is 10.2. The molecule has 1 saturated heterocycles. The van der Waals surface area contributed by atoms with Crippen molar-refractivity contribution in [2.75, 3.05) is 47.5 Å². The van der Waals surface area contributed by atoms with E-state index in [2.05, 4.69) is 5.32 Å². The van der Waals surface area contributed by atoms with E-state index in [1.54, 1.807) is 20.8 Å². The number of carbonyl (C=O) groups excluding carboxylic acids is 3. The fraction of sp³-hybridized carbons (Fsp3) is 0.800. The maximum absolute atomic E-state index is 12.2. The first-order valence-electron chi connectivity index (χ1n) is 10.2. The molecule has 1 aliphatic rings. The molecular weight excluding hydrogens is 410 g/mol. The number of carbonyl (C=O) groups is 4. The zero-order chi connectivity index (χ0) is 23.8. The van der Waals surface area contributed by atoms with Crippen LogP contribution in [0.2, 0.25) is 0 Å². The van der Waals surface area contributed by atoms with E-state index < -0.39 is 47.5 Å². The third-order valence-electron chi connectivity index (χ3n) is 5.76. The Hall–Kier alpha value is -2.24. The van der Waals surface area contributed by atoms with Crippen molar-refractivity contribution < 1.29 is 38.5 Å². The van der Waals surface area contributed by atoms with Gasteiger partial charge < -0.3 is 19.3 Å². The van der Waals surface area contributed by atoms with E-state index in [1.165, 1.54) is 21.3 Å². The van der Waals surface area contributed by atoms with Crippen LogP contribution < -0.4 is 5.32 Å². The summed E-state index contributed by atoms with van der Waals surface area (Å²) in [5.74, 6) is -2.35. The Kier molecular flexibility index (Phi) is 10.3. The van der Waals surface area contributed by atoms with Gasteiger partial charge in [-0.15, -0.1) is 0 Å². The quantitative estimate of drug-likeness (QED) is 0.332. The molecule has 0 aromatic heterocycles. The van der Waals surface area contributed by atoms with Crippen LogP contribution >= 0.6 is 0 Å². The normalized spacial score (nSPS) is 23.2. The van der Waals surface area contributed by atoms with Crippen LogP contribution in [-0.4, -0.2) is 110 Å². The number of methoxy groups -OCH3 is 3. The Morgan fingerprint density at radius 1 is 0.871 bits per heavy atom. The van der Waals surface area contributed by atoms with Gasteiger partial charge in [0.25, 0.3) is 0 Å². The molecule has 0 spiro atoms. The predicted octanol–water partition coefficient (Wildman–Crippen LogP) is -0.518. The molecule has 0 radical (unpaired) electrons. The SMILES string of the molecule is COC(=O)C(C)NC1(CCC(=O)O)CN(C(C)C(=O)OC)CCN(C(C)C(=O)OC)C1. The first kappa shape index (κ1) is 26.8. The van der Waals surface area contributed by atoms with E-state index >= 15 is 0 Å². The van der Waals surface area contributed by atoms with Crippen molar-refractivity contribution in [2.45, 2.75) is 57.3 Å². The molecule has 3 unspecified atom stereocenters. The van der Waals surface area contributed by atoms with Crippen LogP contribution in [0.15, 0.2) is 0 Å². The lowest BCUT2D eigenvalue weighted by molar-refractivity contribution is -0.147. The van der Waals surface area contributed by atoms with E-state index in [0.29, 0.717) is 13.1 Å². The Balaban J connectivity index is 3.38. The highest BCUT2D eigenvalue weighted by molar-refractivity contribution is 5.76. The van der Waals surface area contributed by atoms with Gasteiger partial charge in [-0.2, -0.15) is 0 Å². The van der Waals surface area contributed by atoms with Gasteiger partial charge in [0.2, 0.25) is 0 Å². The van der Waals surface area contributed by atoms with Gasteiger partial charge in [-0.1, -0.05) is 0 Å². The number of nitrogens with one attached hydrogen (secondary N) is 1. The number of aliphatic carboxylic acids is 1. The summed E-state index contributed by atoms with van der Waals surface area (Å²) in [5, 5.41) is 12.6. The standard InChI is InChI=1S/C20H35N3O8/c1-13(17(26)29-4)21-20(8-7-16(24)25)11-22(14(2)18(27)30-5)9-10-23(12-20)15(3)19(28)31-6/h13-15,21H,7-12H2,1-6H3,(H,24,25). The molecule has 0 aromatic rings. The zero-order valence-electron chi connectivity index (χ0n) is 19.2. The van der Waals surface area contributed by atoms with Crippen molar-refractivity contribution in [1.82, 2.24) is 15.1 Å². The number of esters is 3. The summed E-state index contributed by atoms with van der Waals surface area (Å²) in [5.41, 5.74) is -0.924. The summed E-state index contributed by atoms with van der Waals surface area (Å²) in [6, 6.07) is -1.93. The van der Waals surface area contributed by atoms with E-state index in [0.717, 1.165) is 0 Å². The minimum absolute atomic E-state index is 0.165. The lowest BCUT2D eigenvalue weighted by atomic mass is 9.90. The van der Waals surface area contributed by atoms with E-state index in [9.17, 15) is 24.3 Å². The Labute approximate surface area is 183 Å². The van der Waals surface area contributed by atoms with Gasteiger partial charge in [0, 0.05) is 38.1 Å². The smallest absolute Gasteiger partial charge is 0.322 e. The van der Waals surface area contributed by atoms with Gasteiger partial charge >= 0.3 is 23.9 Å². The van der Waals surface area contributed by atoms with Crippen molar-refractivity contribution >= 4 is 23.9 Å². The number of hydrogen-bond acceptors (Lipinski definition) is 10. The Morgan fingerprint density at radius 2 is 1.29 bits per heavy atom. The van der Waals surface area contributed by atoms with Crippen LogP contribution in [0.25, 0.3) is 0 Å². The van der Waals surface area contributed by atoms with E-state index in [-0.39, 0.29) is 25.9 Å². The van der Waals surface area contributed by atoms with Crippen LogP contribution in [0.4, 0.5) is 0 Å². The van der Waals surface area contributed by atoms with Gasteiger partial charge in [0.15, 0.2) is 0 Å². The molecule has 0 amide bonds. The number of carboxylic acids is 1. The van der Waals surface area contributed by atoms with Crippen LogP contribution in [-0.2, 0) is 33.4 Å². The third-order valence-corrected chi connectivity index (χ3v) is 5.76. The van der Waals surface area contributed by atoms with Crippen molar-refractivity contribution in [3.63, 3.8) is 0 Å². The summed E-state index contributed by atoms with van der Waals surface area (Å²) in [6.45, 7) is 6.43. The van der Waals surface area contributed by atoms with Gasteiger partial charge in [-0.25, -0.2) is 0 Å². The number of ether oxygens (including phenoxy) is 3. The lowest BCUT2D eigenvalue weighted by Crippen LogP contribution is -2.63. The second-order valence-corrected chi connectivity index (χ2v) is 7.90. The highest BCUT2D eigenvalue weighted by atomic mass is 16.5. The summed E-state index contributed by atoms with van der Waals surface area (Å²) in [6.07, 6.45) is 0.000234. The van der Waals surface area contributed by atoms with Crippen LogP contribution in [0.1, 0.15) is 33.6 Å². The van der Waals surface area contributed by atoms with E-state index in [1.807, 2.05) is 9.80 Å². The lowest BCUT2D eigenvalue weighted by Gasteiger charge is -2.41. The molecule has 11 nitrogen and oxygen atoms in total. The molecule has 0 aromatic carbocycles. The first-order chi connectivity index (χ1) is 14.5. The van der Waals surface area contributed by atoms with Crippen molar-refractivity contribution in [3.05, 3.63) is 0 Å². The Morgan fingerprint density at radius 3 is 1.65 bits per heavy atom.